The summed E-state index contributed by atoms with van der Waals surface area (Å²) in [5, 5.41) is 4.45. The fraction of sp³-hybridized carbons (Fsp3) is 0.480. The highest BCUT2D eigenvalue weighted by molar-refractivity contribution is 7.18. The second-order valence-corrected chi connectivity index (χ2v) is 9.76. The monoisotopic (exact) mass is 437 g/mol. The topological polar surface area (TPSA) is 46.6 Å². The minimum Gasteiger partial charge on any atom is -0.489 e. The molecular formula is C25H31N3O2S. The van der Waals surface area contributed by atoms with Gasteiger partial charge in [0.15, 0.2) is 0 Å². The molecule has 31 heavy (non-hydrogen) atoms. The number of hydrogen-bond acceptors (Lipinski definition) is 6. The summed E-state index contributed by atoms with van der Waals surface area (Å²) in [6, 6.07) is 16.8. The zero-order chi connectivity index (χ0) is 21.0. The van der Waals surface area contributed by atoms with Crippen LogP contribution < -0.4 is 10.1 Å². The summed E-state index contributed by atoms with van der Waals surface area (Å²) in [7, 11) is 2.18. The van der Waals surface area contributed by atoms with E-state index in [1.807, 2.05) is 6.07 Å². The minimum absolute atomic E-state index is 0.168. The van der Waals surface area contributed by atoms with Gasteiger partial charge in [0.1, 0.15) is 23.0 Å². The fourth-order valence-corrected chi connectivity index (χ4v) is 5.49. The van der Waals surface area contributed by atoms with E-state index in [4.69, 9.17) is 14.5 Å². The molecule has 0 spiro atoms. The molecule has 2 atom stereocenters. The summed E-state index contributed by atoms with van der Waals surface area (Å²) in [6.45, 7) is 4.16. The van der Waals surface area contributed by atoms with Gasteiger partial charge in [-0.05, 0) is 69.1 Å². The standard InChI is InChI=1S/C25H31N3O2S/c1-28-14-11-19(12-15-28)30-24(25-27-22-9-2-3-10-23(22)31-25)18-6-4-7-20(16-18)29-21-8-5-13-26-17-21/h2-4,6-7,9-10,16,19,21,24,26H,5,8,11-15,17H2,1H3. The van der Waals surface area contributed by atoms with E-state index in [1.54, 1.807) is 11.3 Å². The average Bonchev–Trinajstić information content (AvgIpc) is 3.23. The van der Waals surface area contributed by atoms with Crippen molar-refractivity contribution in [3.63, 3.8) is 0 Å². The van der Waals surface area contributed by atoms with Crippen LogP contribution in [0, 0.1) is 0 Å². The quantitative estimate of drug-likeness (QED) is 0.609. The molecule has 1 aromatic heterocycles. The van der Waals surface area contributed by atoms with E-state index in [0.29, 0.717) is 0 Å². The summed E-state index contributed by atoms with van der Waals surface area (Å²) >= 11 is 1.73. The Labute approximate surface area is 188 Å². The third kappa shape index (κ3) is 5.09. The molecule has 2 saturated heterocycles. The number of thiazole rings is 1. The van der Waals surface area contributed by atoms with Gasteiger partial charge in [-0.1, -0.05) is 24.3 Å². The molecule has 2 unspecified atom stereocenters. The van der Waals surface area contributed by atoms with Crippen LogP contribution in [0.25, 0.3) is 10.2 Å². The van der Waals surface area contributed by atoms with E-state index in [9.17, 15) is 0 Å². The zero-order valence-electron chi connectivity index (χ0n) is 18.1. The lowest BCUT2D eigenvalue weighted by Crippen LogP contribution is -2.37. The number of rotatable bonds is 6. The van der Waals surface area contributed by atoms with Crippen LogP contribution in [0.4, 0.5) is 0 Å². The number of likely N-dealkylation sites (tertiary alicyclic amines) is 1. The molecule has 2 aromatic carbocycles. The number of piperidine rings is 2. The first kappa shape index (κ1) is 20.9. The third-order valence-corrected chi connectivity index (χ3v) is 7.32. The number of hydrogen-bond donors (Lipinski definition) is 1. The summed E-state index contributed by atoms with van der Waals surface area (Å²) < 4.78 is 14.2. The number of ether oxygens (including phenoxy) is 2. The summed E-state index contributed by atoms with van der Waals surface area (Å²) in [5.41, 5.74) is 2.17. The lowest BCUT2D eigenvalue weighted by Gasteiger charge is -2.31. The summed E-state index contributed by atoms with van der Waals surface area (Å²) in [4.78, 5) is 7.32. The number of aromatic nitrogens is 1. The second kappa shape index (κ2) is 9.65. The van der Waals surface area contributed by atoms with Crippen LogP contribution in [-0.4, -0.2) is 55.3 Å². The van der Waals surface area contributed by atoms with Crippen LogP contribution in [0.1, 0.15) is 42.4 Å². The maximum Gasteiger partial charge on any atom is 0.135 e. The van der Waals surface area contributed by atoms with Gasteiger partial charge in [-0.15, -0.1) is 11.3 Å². The second-order valence-electron chi connectivity index (χ2n) is 8.70. The van der Waals surface area contributed by atoms with Gasteiger partial charge in [0.25, 0.3) is 0 Å². The zero-order valence-corrected chi connectivity index (χ0v) is 18.9. The van der Waals surface area contributed by atoms with Crippen molar-refractivity contribution in [2.24, 2.45) is 0 Å². The molecule has 5 rings (SSSR count). The first-order chi connectivity index (χ1) is 15.2. The van der Waals surface area contributed by atoms with Crippen molar-refractivity contribution >= 4 is 21.6 Å². The maximum absolute atomic E-state index is 6.74. The Hall–Kier alpha value is -1.99. The predicted molar refractivity (Wildman–Crippen MR) is 126 cm³/mol. The number of fused-ring (bicyclic) bond motifs is 1. The molecule has 3 aromatic rings. The molecule has 0 aliphatic carbocycles. The molecule has 0 saturated carbocycles. The first-order valence-electron chi connectivity index (χ1n) is 11.4. The van der Waals surface area contributed by atoms with Crippen molar-refractivity contribution < 1.29 is 9.47 Å². The number of nitrogens with one attached hydrogen (secondary N) is 1. The Bertz CT molecular complexity index is 960. The number of para-hydroxylation sites is 1. The van der Waals surface area contributed by atoms with Crippen molar-refractivity contribution in [3.05, 3.63) is 59.1 Å². The lowest BCUT2D eigenvalue weighted by atomic mass is 10.1. The van der Waals surface area contributed by atoms with Crippen molar-refractivity contribution in [1.82, 2.24) is 15.2 Å². The predicted octanol–water partition coefficient (Wildman–Crippen LogP) is 4.63. The Morgan fingerprint density at radius 3 is 2.74 bits per heavy atom. The molecule has 0 bridgehead atoms. The summed E-state index contributed by atoms with van der Waals surface area (Å²) in [6.07, 6.45) is 4.70. The maximum atomic E-state index is 6.74. The van der Waals surface area contributed by atoms with Gasteiger partial charge >= 0.3 is 0 Å². The van der Waals surface area contributed by atoms with Crippen molar-refractivity contribution in [2.45, 2.75) is 44.0 Å². The van der Waals surface area contributed by atoms with E-state index >= 15 is 0 Å². The molecule has 164 valence electrons. The number of benzene rings is 2. The lowest BCUT2D eigenvalue weighted by molar-refractivity contribution is -0.0235. The molecule has 0 amide bonds. The first-order valence-corrected chi connectivity index (χ1v) is 12.2. The van der Waals surface area contributed by atoms with Gasteiger partial charge < -0.3 is 19.7 Å². The Kier molecular flexibility index (Phi) is 6.50. The largest absolute Gasteiger partial charge is 0.489 e. The third-order valence-electron chi connectivity index (χ3n) is 6.24. The van der Waals surface area contributed by atoms with Crippen LogP contribution in [0.2, 0.25) is 0 Å². The molecule has 2 fully saturated rings. The van der Waals surface area contributed by atoms with Gasteiger partial charge in [0.05, 0.1) is 16.3 Å². The SMILES string of the molecule is CN1CCC(OC(c2cccc(OC3CCCNC3)c2)c2nc3ccccc3s2)CC1. The van der Waals surface area contributed by atoms with Crippen LogP contribution in [-0.2, 0) is 4.74 Å². The van der Waals surface area contributed by atoms with Gasteiger partial charge in [0, 0.05) is 19.6 Å². The van der Waals surface area contributed by atoms with Crippen LogP contribution in [0.15, 0.2) is 48.5 Å². The van der Waals surface area contributed by atoms with Crippen LogP contribution in [0.3, 0.4) is 0 Å². The molecule has 6 heteroatoms. The Balaban J connectivity index is 1.42. The van der Waals surface area contributed by atoms with E-state index in [-0.39, 0.29) is 18.3 Å². The highest BCUT2D eigenvalue weighted by Gasteiger charge is 2.26. The highest BCUT2D eigenvalue weighted by atomic mass is 32.1. The Morgan fingerprint density at radius 2 is 1.94 bits per heavy atom. The Morgan fingerprint density at radius 1 is 1.06 bits per heavy atom. The van der Waals surface area contributed by atoms with E-state index in [2.05, 4.69) is 59.7 Å². The fourth-order valence-electron chi connectivity index (χ4n) is 4.46. The molecular weight excluding hydrogens is 406 g/mol. The van der Waals surface area contributed by atoms with Crippen LogP contribution >= 0.6 is 11.3 Å². The van der Waals surface area contributed by atoms with Crippen molar-refractivity contribution in [3.8, 4) is 5.75 Å². The molecule has 5 nitrogen and oxygen atoms in total. The summed E-state index contributed by atoms with van der Waals surface area (Å²) in [5.74, 6) is 0.921. The highest BCUT2D eigenvalue weighted by Crippen LogP contribution is 2.36. The van der Waals surface area contributed by atoms with Crippen LogP contribution in [0.5, 0.6) is 5.75 Å². The average molecular weight is 438 g/mol. The van der Waals surface area contributed by atoms with Gasteiger partial charge in [-0.2, -0.15) is 0 Å². The van der Waals surface area contributed by atoms with Gasteiger partial charge in [-0.3, -0.25) is 0 Å². The van der Waals surface area contributed by atoms with Crippen molar-refractivity contribution in [2.75, 3.05) is 33.2 Å². The van der Waals surface area contributed by atoms with E-state index < -0.39 is 0 Å². The molecule has 2 aliphatic rings. The van der Waals surface area contributed by atoms with E-state index in [0.717, 1.165) is 73.7 Å². The smallest absolute Gasteiger partial charge is 0.135 e. The molecule has 3 heterocycles. The molecule has 1 N–H and O–H groups in total. The molecule has 2 aliphatic heterocycles. The van der Waals surface area contributed by atoms with Gasteiger partial charge in [-0.25, -0.2) is 4.98 Å². The van der Waals surface area contributed by atoms with Crippen molar-refractivity contribution in [1.29, 1.82) is 0 Å². The van der Waals surface area contributed by atoms with Gasteiger partial charge in [0.2, 0.25) is 0 Å². The number of nitrogens with zero attached hydrogens (tertiary/aromatic N) is 2. The normalized spacial score (nSPS) is 21.9. The van der Waals surface area contributed by atoms with E-state index in [1.165, 1.54) is 4.70 Å². The molecule has 0 radical (unpaired) electrons. The minimum atomic E-state index is -0.168.